The average Bonchev–Trinajstić information content (AvgIpc) is 3.02. The minimum absolute atomic E-state index is 0.559. The third-order valence-corrected chi connectivity index (χ3v) is 4.59. The first-order valence-electron chi connectivity index (χ1n) is 7.98. The highest BCUT2D eigenvalue weighted by Crippen LogP contribution is 2.33. The van der Waals surface area contributed by atoms with Gasteiger partial charge in [-0.05, 0) is 36.8 Å². The first-order valence-corrected chi connectivity index (χ1v) is 7.98. The van der Waals surface area contributed by atoms with Crippen molar-refractivity contribution in [2.24, 2.45) is 11.8 Å². The van der Waals surface area contributed by atoms with Crippen molar-refractivity contribution in [3.63, 3.8) is 0 Å². The predicted molar refractivity (Wildman–Crippen MR) is 85.6 cm³/mol. The van der Waals surface area contributed by atoms with Crippen LogP contribution < -0.4 is 5.32 Å². The molecule has 4 nitrogen and oxygen atoms in total. The number of rotatable bonds is 4. The summed E-state index contributed by atoms with van der Waals surface area (Å²) in [7, 11) is 0. The lowest BCUT2D eigenvalue weighted by Gasteiger charge is -2.36. The molecule has 1 aromatic carbocycles. The van der Waals surface area contributed by atoms with Crippen LogP contribution >= 0.6 is 0 Å². The molecular weight excluding hydrogens is 260 g/mol. The van der Waals surface area contributed by atoms with Gasteiger partial charge in [0.2, 0.25) is 0 Å². The minimum atomic E-state index is 0.559. The van der Waals surface area contributed by atoms with Gasteiger partial charge in [0.1, 0.15) is 0 Å². The first-order chi connectivity index (χ1) is 10.3. The normalized spacial score (nSPS) is 22.4. The van der Waals surface area contributed by atoms with Gasteiger partial charge in [-0.2, -0.15) is 0 Å². The number of para-hydroxylation sites is 2. The van der Waals surface area contributed by atoms with Gasteiger partial charge in [0.05, 0.1) is 23.8 Å². The lowest BCUT2D eigenvalue weighted by Crippen LogP contribution is -2.35. The van der Waals surface area contributed by atoms with Crippen LogP contribution in [0.3, 0.4) is 0 Å². The first kappa shape index (κ1) is 14.1. The zero-order chi connectivity index (χ0) is 14.7. The van der Waals surface area contributed by atoms with Crippen LogP contribution in [0.1, 0.15) is 39.5 Å². The molecule has 1 aliphatic rings. The number of nitrogens with zero attached hydrogens (tertiary/aromatic N) is 3. The van der Waals surface area contributed by atoms with Gasteiger partial charge < -0.3 is 5.32 Å². The van der Waals surface area contributed by atoms with Crippen molar-refractivity contribution in [1.82, 2.24) is 15.0 Å². The van der Waals surface area contributed by atoms with Crippen molar-refractivity contribution in [2.75, 3.05) is 5.32 Å². The van der Waals surface area contributed by atoms with Crippen LogP contribution in [0.25, 0.3) is 5.69 Å². The van der Waals surface area contributed by atoms with Crippen LogP contribution in [0.2, 0.25) is 0 Å². The maximum absolute atomic E-state index is 4.12. The summed E-state index contributed by atoms with van der Waals surface area (Å²) in [6.07, 6.45) is 8.89. The predicted octanol–water partition coefficient (Wildman–Crippen LogP) is 3.89. The zero-order valence-corrected chi connectivity index (χ0v) is 12.9. The molecule has 4 heteroatoms. The summed E-state index contributed by atoms with van der Waals surface area (Å²) in [5.41, 5.74) is 2.23. The van der Waals surface area contributed by atoms with Crippen LogP contribution in [-0.4, -0.2) is 21.0 Å². The number of hydrogen-bond acceptors (Lipinski definition) is 3. The fraction of sp³-hybridized carbons (Fsp3) is 0.529. The van der Waals surface area contributed by atoms with Crippen LogP contribution in [-0.2, 0) is 0 Å². The molecule has 2 aromatic rings. The van der Waals surface area contributed by atoms with E-state index < -0.39 is 0 Å². The summed E-state index contributed by atoms with van der Waals surface area (Å²) >= 11 is 0. The summed E-state index contributed by atoms with van der Waals surface area (Å²) in [6, 6.07) is 8.91. The fourth-order valence-corrected chi connectivity index (χ4v) is 3.47. The summed E-state index contributed by atoms with van der Waals surface area (Å²) in [5.74, 6) is 1.48. The van der Waals surface area contributed by atoms with E-state index in [9.17, 15) is 0 Å². The van der Waals surface area contributed by atoms with E-state index in [0.29, 0.717) is 6.04 Å². The Morgan fingerprint density at radius 3 is 2.76 bits per heavy atom. The number of benzene rings is 1. The Kier molecular flexibility index (Phi) is 4.23. The summed E-state index contributed by atoms with van der Waals surface area (Å²) < 4.78 is 1.83. The van der Waals surface area contributed by atoms with Gasteiger partial charge in [-0.25, -0.2) is 4.68 Å². The van der Waals surface area contributed by atoms with Gasteiger partial charge in [0.15, 0.2) is 0 Å². The Bertz CT molecular complexity index is 562. The maximum atomic E-state index is 4.12. The second-order valence-electron chi connectivity index (χ2n) is 6.31. The quantitative estimate of drug-likeness (QED) is 0.926. The van der Waals surface area contributed by atoms with Gasteiger partial charge in [-0.3, -0.25) is 0 Å². The molecule has 112 valence electrons. The Morgan fingerprint density at radius 1 is 1.19 bits per heavy atom. The van der Waals surface area contributed by atoms with Gasteiger partial charge in [-0.15, -0.1) is 5.10 Å². The van der Waals surface area contributed by atoms with Gasteiger partial charge in [-0.1, -0.05) is 44.0 Å². The topological polar surface area (TPSA) is 42.7 Å². The second kappa shape index (κ2) is 6.29. The monoisotopic (exact) mass is 284 g/mol. The van der Waals surface area contributed by atoms with E-state index in [-0.39, 0.29) is 0 Å². The van der Waals surface area contributed by atoms with Crippen molar-refractivity contribution < 1.29 is 0 Å². The van der Waals surface area contributed by atoms with E-state index >= 15 is 0 Å². The van der Waals surface area contributed by atoms with Crippen LogP contribution in [0, 0.1) is 11.8 Å². The molecule has 1 aromatic heterocycles. The van der Waals surface area contributed by atoms with Crippen molar-refractivity contribution in [3.8, 4) is 5.69 Å². The molecule has 0 saturated heterocycles. The van der Waals surface area contributed by atoms with Gasteiger partial charge in [0.25, 0.3) is 0 Å². The lowest BCUT2D eigenvalue weighted by molar-refractivity contribution is 0.254. The number of hydrogen-bond donors (Lipinski definition) is 1. The molecule has 1 aliphatic carbocycles. The van der Waals surface area contributed by atoms with Crippen LogP contribution in [0.4, 0.5) is 5.69 Å². The van der Waals surface area contributed by atoms with Crippen molar-refractivity contribution in [3.05, 3.63) is 36.7 Å². The molecule has 1 N–H and O–H groups in total. The molecule has 1 saturated carbocycles. The van der Waals surface area contributed by atoms with Crippen LogP contribution in [0.5, 0.6) is 0 Å². The smallest absolute Gasteiger partial charge is 0.0894 e. The van der Waals surface area contributed by atoms with Crippen LogP contribution in [0.15, 0.2) is 36.7 Å². The number of anilines is 1. The highest BCUT2D eigenvalue weighted by molar-refractivity contribution is 5.61. The highest BCUT2D eigenvalue weighted by Gasteiger charge is 2.27. The summed E-state index contributed by atoms with van der Waals surface area (Å²) in [5, 5.41) is 11.8. The molecule has 0 radical (unpaired) electrons. The second-order valence-corrected chi connectivity index (χ2v) is 6.31. The van der Waals surface area contributed by atoms with E-state index in [2.05, 4.69) is 47.7 Å². The van der Waals surface area contributed by atoms with E-state index in [1.54, 1.807) is 6.20 Å². The molecule has 0 bridgehead atoms. The SMILES string of the molecule is CC(C)C1CCCCC1Nc1ccccc1-n1ccnn1. The molecular formula is C17H24N4. The van der Waals surface area contributed by atoms with Gasteiger partial charge >= 0.3 is 0 Å². The Balaban J connectivity index is 1.84. The van der Waals surface area contributed by atoms with E-state index in [0.717, 1.165) is 23.2 Å². The van der Waals surface area contributed by atoms with E-state index in [1.807, 2.05) is 16.9 Å². The zero-order valence-electron chi connectivity index (χ0n) is 12.9. The largest absolute Gasteiger partial charge is 0.380 e. The van der Waals surface area contributed by atoms with Crippen molar-refractivity contribution in [1.29, 1.82) is 0 Å². The third-order valence-electron chi connectivity index (χ3n) is 4.59. The fourth-order valence-electron chi connectivity index (χ4n) is 3.47. The molecule has 21 heavy (non-hydrogen) atoms. The Hall–Kier alpha value is -1.84. The molecule has 2 unspecified atom stereocenters. The third kappa shape index (κ3) is 3.09. The molecule has 1 heterocycles. The van der Waals surface area contributed by atoms with E-state index in [4.69, 9.17) is 0 Å². The Labute approximate surface area is 126 Å². The van der Waals surface area contributed by atoms with Gasteiger partial charge in [0, 0.05) is 6.04 Å². The number of nitrogens with one attached hydrogen (secondary N) is 1. The standard InChI is InChI=1S/C17H24N4/c1-13(2)14-7-3-4-8-15(14)19-16-9-5-6-10-17(16)21-12-11-18-20-21/h5-6,9-15,19H,3-4,7-8H2,1-2H3. The molecule has 0 amide bonds. The van der Waals surface area contributed by atoms with Crippen molar-refractivity contribution >= 4 is 5.69 Å². The molecule has 2 atom stereocenters. The molecule has 1 fully saturated rings. The lowest BCUT2D eigenvalue weighted by atomic mass is 9.77. The number of aromatic nitrogens is 3. The summed E-state index contributed by atoms with van der Waals surface area (Å²) in [4.78, 5) is 0. The average molecular weight is 284 g/mol. The summed E-state index contributed by atoms with van der Waals surface area (Å²) in [6.45, 7) is 4.68. The maximum Gasteiger partial charge on any atom is 0.0894 e. The minimum Gasteiger partial charge on any atom is -0.380 e. The highest BCUT2D eigenvalue weighted by atomic mass is 15.4. The molecule has 0 spiro atoms. The van der Waals surface area contributed by atoms with E-state index in [1.165, 1.54) is 25.7 Å². The molecule has 0 aliphatic heterocycles. The molecule has 3 rings (SSSR count). The Morgan fingerprint density at radius 2 is 2.00 bits per heavy atom. The van der Waals surface area contributed by atoms with Crippen molar-refractivity contribution in [2.45, 2.75) is 45.6 Å².